The maximum atomic E-state index is 13.2. The van der Waals surface area contributed by atoms with Crippen molar-refractivity contribution in [2.45, 2.75) is 13.5 Å². The Labute approximate surface area is 121 Å². The van der Waals surface area contributed by atoms with Crippen molar-refractivity contribution in [3.05, 3.63) is 65.5 Å². The van der Waals surface area contributed by atoms with Gasteiger partial charge in [0.25, 0.3) is 0 Å². The zero-order valence-corrected chi connectivity index (χ0v) is 11.4. The normalized spacial score (nSPS) is 10.0. The van der Waals surface area contributed by atoms with Crippen LogP contribution in [0.25, 0.3) is 0 Å². The van der Waals surface area contributed by atoms with E-state index in [2.05, 4.69) is 5.32 Å². The number of ether oxygens (including phenoxy) is 1. The number of ketones is 1. The van der Waals surface area contributed by atoms with Gasteiger partial charge in [-0.1, -0.05) is 30.3 Å². The maximum absolute atomic E-state index is 13.2. The van der Waals surface area contributed by atoms with Crippen molar-refractivity contribution in [3.63, 3.8) is 0 Å². The minimum Gasteiger partial charge on any atom is -0.444 e. The number of hydrogen-bond acceptors (Lipinski definition) is 3. The summed E-state index contributed by atoms with van der Waals surface area (Å²) in [6.45, 7) is 1.44. The fraction of sp³-hybridized carbons (Fsp3) is 0.125. The maximum Gasteiger partial charge on any atom is 0.411 e. The number of amides is 1. The van der Waals surface area contributed by atoms with Crippen molar-refractivity contribution in [1.29, 1.82) is 0 Å². The molecule has 0 fully saturated rings. The highest BCUT2D eigenvalue weighted by atomic mass is 19.1. The Balaban J connectivity index is 2.02. The van der Waals surface area contributed by atoms with Crippen LogP contribution in [0.1, 0.15) is 22.8 Å². The van der Waals surface area contributed by atoms with E-state index in [1.165, 1.54) is 13.0 Å². The van der Waals surface area contributed by atoms with E-state index in [1.807, 2.05) is 30.3 Å². The first-order valence-corrected chi connectivity index (χ1v) is 6.34. The van der Waals surface area contributed by atoms with E-state index >= 15 is 0 Å². The fourth-order valence-electron chi connectivity index (χ4n) is 1.80. The number of nitrogens with one attached hydrogen (secondary N) is 1. The molecule has 2 rings (SSSR count). The van der Waals surface area contributed by atoms with Gasteiger partial charge < -0.3 is 4.74 Å². The SMILES string of the molecule is CC(=O)c1ccc(F)cc1NC(=O)OCc1ccccc1. The van der Waals surface area contributed by atoms with E-state index in [-0.39, 0.29) is 23.6 Å². The summed E-state index contributed by atoms with van der Waals surface area (Å²) < 4.78 is 18.2. The Bertz CT molecular complexity index is 656. The Morgan fingerprint density at radius 2 is 1.86 bits per heavy atom. The Kier molecular flexibility index (Phi) is 4.66. The van der Waals surface area contributed by atoms with Crippen LogP contribution in [0.4, 0.5) is 14.9 Å². The van der Waals surface area contributed by atoms with E-state index in [1.54, 1.807) is 0 Å². The van der Waals surface area contributed by atoms with E-state index < -0.39 is 11.9 Å². The topological polar surface area (TPSA) is 55.4 Å². The van der Waals surface area contributed by atoms with Crippen LogP contribution in [0.2, 0.25) is 0 Å². The molecule has 0 saturated heterocycles. The number of anilines is 1. The van der Waals surface area contributed by atoms with Crippen molar-refractivity contribution in [3.8, 4) is 0 Å². The number of halogens is 1. The first kappa shape index (κ1) is 14.7. The summed E-state index contributed by atoms with van der Waals surface area (Å²) in [5.41, 5.74) is 1.16. The first-order valence-electron chi connectivity index (χ1n) is 6.34. The molecule has 0 saturated carbocycles. The smallest absolute Gasteiger partial charge is 0.411 e. The molecule has 2 aromatic rings. The molecule has 108 valence electrons. The van der Waals surface area contributed by atoms with Crippen LogP contribution in [0.3, 0.4) is 0 Å². The van der Waals surface area contributed by atoms with Gasteiger partial charge in [-0.15, -0.1) is 0 Å². The highest BCUT2D eigenvalue weighted by Crippen LogP contribution is 2.18. The average Bonchev–Trinajstić information content (AvgIpc) is 2.46. The van der Waals surface area contributed by atoms with Gasteiger partial charge in [0, 0.05) is 5.56 Å². The number of rotatable bonds is 4. The summed E-state index contributed by atoms with van der Waals surface area (Å²) >= 11 is 0. The van der Waals surface area contributed by atoms with Crippen molar-refractivity contribution < 1.29 is 18.7 Å². The molecule has 0 aromatic heterocycles. The minimum atomic E-state index is -0.744. The van der Waals surface area contributed by atoms with Gasteiger partial charge in [-0.3, -0.25) is 10.1 Å². The van der Waals surface area contributed by atoms with Gasteiger partial charge in [0.1, 0.15) is 12.4 Å². The molecular formula is C16H14FNO3. The predicted octanol–water partition coefficient (Wildman–Crippen LogP) is 3.78. The molecule has 21 heavy (non-hydrogen) atoms. The number of hydrogen-bond donors (Lipinski definition) is 1. The molecule has 0 aliphatic heterocycles. The second-order valence-corrected chi connectivity index (χ2v) is 4.43. The van der Waals surface area contributed by atoms with Crippen molar-refractivity contribution in [2.75, 3.05) is 5.32 Å². The number of benzene rings is 2. The highest BCUT2D eigenvalue weighted by molar-refractivity contribution is 6.02. The molecule has 0 aliphatic rings. The lowest BCUT2D eigenvalue weighted by Gasteiger charge is -2.10. The third kappa shape index (κ3) is 4.14. The number of carbonyl (C=O) groups is 2. The third-order valence-electron chi connectivity index (χ3n) is 2.81. The molecule has 5 heteroatoms. The zero-order chi connectivity index (χ0) is 15.2. The summed E-state index contributed by atoms with van der Waals surface area (Å²) in [6, 6.07) is 12.7. The summed E-state index contributed by atoms with van der Waals surface area (Å²) in [6.07, 6.45) is -0.744. The van der Waals surface area contributed by atoms with Gasteiger partial charge in [0.2, 0.25) is 0 Å². The van der Waals surface area contributed by atoms with E-state index in [4.69, 9.17) is 4.74 Å². The first-order chi connectivity index (χ1) is 10.1. The molecule has 0 heterocycles. The summed E-state index contributed by atoms with van der Waals surface area (Å²) in [5, 5.41) is 2.38. The third-order valence-corrected chi connectivity index (χ3v) is 2.81. The van der Waals surface area contributed by atoms with E-state index in [0.29, 0.717) is 0 Å². The van der Waals surface area contributed by atoms with Crippen LogP contribution in [-0.4, -0.2) is 11.9 Å². The summed E-state index contributed by atoms with van der Waals surface area (Å²) in [7, 11) is 0. The standard InChI is InChI=1S/C16H14FNO3/c1-11(19)14-8-7-13(17)9-15(14)18-16(20)21-10-12-5-3-2-4-6-12/h2-9H,10H2,1H3,(H,18,20). The van der Waals surface area contributed by atoms with Gasteiger partial charge in [-0.2, -0.15) is 0 Å². The largest absolute Gasteiger partial charge is 0.444 e. The molecule has 1 amide bonds. The van der Waals surface area contributed by atoms with E-state index in [9.17, 15) is 14.0 Å². The molecule has 0 aliphatic carbocycles. The molecule has 2 aromatic carbocycles. The number of carbonyl (C=O) groups excluding carboxylic acids is 2. The van der Waals surface area contributed by atoms with Crippen LogP contribution in [0, 0.1) is 5.82 Å². The fourth-order valence-corrected chi connectivity index (χ4v) is 1.80. The van der Waals surface area contributed by atoms with Crippen LogP contribution < -0.4 is 5.32 Å². The highest BCUT2D eigenvalue weighted by Gasteiger charge is 2.12. The quantitative estimate of drug-likeness (QED) is 0.871. The van der Waals surface area contributed by atoms with Gasteiger partial charge >= 0.3 is 6.09 Å². The lowest BCUT2D eigenvalue weighted by Crippen LogP contribution is -2.15. The monoisotopic (exact) mass is 287 g/mol. The molecule has 0 unspecified atom stereocenters. The average molecular weight is 287 g/mol. The minimum absolute atomic E-state index is 0.0946. The molecule has 4 nitrogen and oxygen atoms in total. The van der Waals surface area contributed by atoms with Crippen LogP contribution in [0.15, 0.2) is 48.5 Å². The number of Topliss-reactive ketones (excluding diaryl/α,β-unsaturated/α-hetero) is 1. The molecule has 0 spiro atoms. The Morgan fingerprint density at radius 3 is 2.52 bits per heavy atom. The lowest BCUT2D eigenvalue weighted by molar-refractivity contribution is 0.101. The summed E-state index contributed by atoms with van der Waals surface area (Å²) in [4.78, 5) is 23.1. The molecule has 0 bridgehead atoms. The van der Waals surface area contributed by atoms with Crippen molar-refractivity contribution in [1.82, 2.24) is 0 Å². The zero-order valence-electron chi connectivity index (χ0n) is 11.4. The van der Waals surface area contributed by atoms with E-state index in [0.717, 1.165) is 17.7 Å². The Hall–Kier alpha value is -2.69. The van der Waals surface area contributed by atoms with Crippen LogP contribution in [-0.2, 0) is 11.3 Å². The second kappa shape index (κ2) is 6.65. The van der Waals surface area contributed by atoms with Gasteiger partial charge in [0.15, 0.2) is 5.78 Å². The van der Waals surface area contributed by atoms with Crippen LogP contribution in [0.5, 0.6) is 0 Å². The summed E-state index contributed by atoms with van der Waals surface area (Å²) in [5.74, 6) is -0.813. The molecule has 0 atom stereocenters. The lowest BCUT2D eigenvalue weighted by atomic mass is 10.1. The van der Waals surface area contributed by atoms with Gasteiger partial charge in [0.05, 0.1) is 5.69 Å². The van der Waals surface area contributed by atoms with Crippen molar-refractivity contribution >= 4 is 17.6 Å². The second-order valence-electron chi connectivity index (χ2n) is 4.43. The predicted molar refractivity (Wildman–Crippen MR) is 76.7 cm³/mol. The molecular weight excluding hydrogens is 273 g/mol. The van der Waals surface area contributed by atoms with Crippen LogP contribution >= 0.6 is 0 Å². The van der Waals surface area contributed by atoms with Crippen molar-refractivity contribution in [2.24, 2.45) is 0 Å². The van der Waals surface area contributed by atoms with Gasteiger partial charge in [-0.25, -0.2) is 9.18 Å². The Morgan fingerprint density at radius 1 is 1.14 bits per heavy atom. The molecule has 1 N–H and O–H groups in total. The van der Waals surface area contributed by atoms with Gasteiger partial charge in [-0.05, 0) is 30.7 Å². The molecule has 0 radical (unpaired) electrons.